The van der Waals surface area contributed by atoms with E-state index in [9.17, 15) is 19.2 Å². The van der Waals surface area contributed by atoms with E-state index >= 15 is 0 Å². The van der Waals surface area contributed by atoms with Crippen LogP contribution in [0.2, 0.25) is 0 Å². The zero-order chi connectivity index (χ0) is 40.7. The van der Waals surface area contributed by atoms with E-state index in [1.807, 2.05) is 0 Å². The fourth-order valence-corrected chi connectivity index (χ4v) is 9.92. The van der Waals surface area contributed by atoms with E-state index in [1.54, 1.807) is 109 Å². The molecular formula is C40H22O16P4. The van der Waals surface area contributed by atoms with Gasteiger partial charge in [-0.25, -0.2) is 19.2 Å². The van der Waals surface area contributed by atoms with Gasteiger partial charge in [-0.05, 0) is 72.8 Å². The normalized spacial score (nSPS) is 19.5. The number of para-hydroxylation sites is 4. The van der Waals surface area contributed by atoms with E-state index in [0.717, 1.165) is 0 Å². The topological polar surface area (TPSA) is 179 Å². The summed E-state index contributed by atoms with van der Waals surface area (Å²) in [4.78, 5) is 52.3. The lowest BCUT2D eigenvalue weighted by Crippen LogP contribution is -2.16. The first-order chi connectivity index (χ1) is 29.3. The van der Waals surface area contributed by atoms with E-state index < -0.39 is 58.3 Å². The highest BCUT2D eigenvalue weighted by atomic mass is 31.2. The van der Waals surface area contributed by atoms with Gasteiger partial charge in [-0.2, -0.15) is 0 Å². The molecule has 0 saturated carbocycles. The van der Waals surface area contributed by atoms with Crippen LogP contribution in [0, 0.1) is 0 Å². The number of rotatable bonds is 9. The predicted molar refractivity (Wildman–Crippen MR) is 212 cm³/mol. The van der Waals surface area contributed by atoms with E-state index in [-0.39, 0.29) is 79.4 Å². The molecule has 0 N–H and O–H groups in total. The van der Waals surface area contributed by atoms with Crippen molar-refractivity contribution in [3.05, 3.63) is 156 Å². The first-order valence-corrected chi connectivity index (χ1v) is 21.9. The number of benzene rings is 6. The Morgan fingerprint density at radius 2 is 0.517 bits per heavy atom. The molecule has 0 aromatic heterocycles. The van der Waals surface area contributed by atoms with Gasteiger partial charge in [-0.3, -0.25) is 0 Å². The highest BCUT2D eigenvalue weighted by Gasteiger charge is 2.40. The van der Waals surface area contributed by atoms with Crippen LogP contribution >= 0.6 is 34.4 Å². The molecule has 6 aromatic rings. The Morgan fingerprint density at radius 1 is 0.283 bits per heavy atom. The van der Waals surface area contributed by atoms with Gasteiger partial charge in [-0.15, -0.1) is 0 Å². The lowest BCUT2D eigenvalue weighted by Gasteiger charge is -2.28. The standard InChI is InChI=1S/C40H22O16P4/c41-37-23-11-1-5-15-27(23)45-57(53-37)49-31-19-9-20-32(50-58-46-28-16-6-2-12-24(28)38(42)54-58)35(31)36-33(51-59-47-29-17-7-3-13-25(29)39(43)55-59)21-10-22-34(36)52-60-48-30-18-8-4-14-26(30)40(44)56-60/h1-22H. The molecule has 0 aliphatic carbocycles. The van der Waals surface area contributed by atoms with Crippen LogP contribution in [0.1, 0.15) is 41.4 Å². The van der Waals surface area contributed by atoms with Gasteiger partial charge >= 0.3 is 58.3 Å². The highest BCUT2D eigenvalue weighted by Crippen LogP contribution is 2.60. The number of hydrogen-bond acceptors (Lipinski definition) is 16. The first kappa shape index (κ1) is 37.6. The Morgan fingerprint density at radius 3 is 0.767 bits per heavy atom. The van der Waals surface area contributed by atoms with Crippen LogP contribution in [-0.2, 0) is 18.1 Å². The van der Waals surface area contributed by atoms with Crippen LogP contribution in [0.3, 0.4) is 0 Å². The summed E-state index contributed by atoms with van der Waals surface area (Å²) in [7, 11) is -9.82. The maximum Gasteiger partial charge on any atom is 0.532 e. The van der Waals surface area contributed by atoms with Crippen molar-refractivity contribution in [1.29, 1.82) is 0 Å². The van der Waals surface area contributed by atoms with Crippen molar-refractivity contribution in [3.63, 3.8) is 0 Å². The van der Waals surface area contributed by atoms with Crippen LogP contribution < -0.4 is 36.2 Å². The quantitative estimate of drug-likeness (QED) is 0.125. The lowest BCUT2D eigenvalue weighted by molar-refractivity contribution is 0.0684. The fourth-order valence-electron chi connectivity index (χ4n) is 6.01. The Balaban J connectivity index is 1.09. The third kappa shape index (κ3) is 7.31. The van der Waals surface area contributed by atoms with Gasteiger partial charge < -0.3 is 54.3 Å². The molecular weight excluding hydrogens is 860 g/mol. The van der Waals surface area contributed by atoms with Crippen LogP contribution in [0.5, 0.6) is 46.0 Å². The largest absolute Gasteiger partial charge is 0.532 e. The number of carbonyl (C=O) groups excluding carboxylic acids is 4. The van der Waals surface area contributed by atoms with Crippen LogP contribution in [-0.4, -0.2) is 23.9 Å². The summed E-state index contributed by atoms with van der Waals surface area (Å²) < 4.78 is 71.6. The molecule has 0 saturated heterocycles. The van der Waals surface area contributed by atoms with Gasteiger partial charge in [0.2, 0.25) is 0 Å². The van der Waals surface area contributed by atoms with Crippen molar-refractivity contribution in [2.24, 2.45) is 0 Å². The molecule has 4 unspecified atom stereocenters. The number of carbonyl (C=O) groups is 4. The van der Waals surface area contributed by atoms with E-state index in [4.69, 9.17) is 54.3 Å². The molecule has 4 atom stereocenters. The second-order valence-electron chi connectivity index (χ2n) is 12.4. The molecule has 20 heteroatoms. The van der Waals surface area contributed by atoms with Gasteiger partial charge in [0.05, 0.1) is 11.1 Å². The molecule has 0 bridgehead atoms. The zero-order valence-corrected chi connectivity index (χ0v) is 33.6. The molecule has 4 aliphatic heterocycles. The summed E-state index contributed by atoms with van der Waals surface area (Å²) in [6, 6.07) is 35.2. The van der Waals surface area contributed by atoms with Crippen molar-refractivity contribution >= 4 is 58.3 Å². The van der Waals surface area contributed by atoms with Gasteiger partial charge in [0.1, 0.15) is 68.2 Å². The Labute approximate surface area is 343 Å². The average Bonchev–Trinajstić information content (AvgIpc) is 3.24. The summed E-state index contributed by atoms with van der Waals surface area (Å²) in [6.07, 6.45) is 0. The minimum Gasteiger partial charge on any atom is -0.408 e. The third-order valence-electron chi connectivity index (χ3n) is 8.67. The summed E-state index contributed by atoms with van der Waals surface area (Å²) in [5, 5.41) is 0. The molecule has 4 heterocycles. The minimum absolute atomic E-state index is 0.0233. The molecule has 60 heavy (non-hydrogen) atoms. The first-order valence-electron chi connectivity index (χ1n) is 17.5. The maximum absolute atomic E-state index is 13.1. The smallest absolute Gasteiger partial charge is 0.408 e. The summed E-state index contributed by atoms with van der Waals surface area (Å²) >= 11 is 0. The van der Waals surface area contributed by atoms with Gasteiger partial charge in [-0.1, -0.05) is 60.7 Å². The van der Waals surface area contributed by atoms with E-state index in [0.29, 0.717) is 0 Å². The van der Waals surface area contributed by atoms with Crippen LogP contribution in [0.15, 0.2) is 133 Å². The molecule has 4 aliphatic rings. The van der Waals surface area contributed by atoms with E-state index in [1.165, 1.54) is 24.3 Å². The Hall–Kier alpha value is -6.68. The highest BCUT2D eigenvalue weighted by molar-refractivity contribution is 7.44. The van der Waals surface area contributed by atoms with Crippen molar-refractivity contribution < 1.29 is 73.5 Å². The summed E-state index contributed by atoms with van der Waals surface area (Å²) in [6.45, 7) is 0. The van der Waals surface area contributed by atoms with Crippen molar-refractivity contribution in [1.82, 2.24) is 0 Å². The molecule has 0 spiro atoms. The molecule has 10 rings (SSSR count). The molecule has 298 valence electrons. The Kier molecular flexibility index (Phi) is 9.91. The maximum atomic E-state index is 13.1. The average molecular weight is 882 g/mol. The van der Waals surface area contributed by atoms with Gasteiger partial charge in [0.25, 0.3) is 0 Å². The molecule has 6 aromatic carbocycles. The second kappa shape index (κ2) is 15.8. The monoisotopic (exact) mass is 882 g/mol. The third-order valence-corrected chi connectivity index (χ3v) is 12.7. The summed E-state index contributed by atoms with van der Waals surface area (Å²) in [5.74, 6) is -1.93. The fraction of sp³-hybridized carbons (Fsp3) is 0. The predicted octanol–water partition coefficient (Wildman–Crippen LogP) is 10.8. The zero-order valence-electron chi connectivity index (χ0n) is 30.0. The number of fused-ring (bicyclic) bond motifs is 4. The van der Waals surface area contributed by atoms with Crippen molar-refractivity contribution in [3.8, 4) is 57.1 Å². The SMILES string of the molecule is O=C1OP(Oc2cccc(OP3OC(=O)c4ccccc4O3)c2-c2c(OP3OC(=O)c4ccccc4O3)cccc2OP2OC(=O)c3ccccc3O2)Oc2ccccc21. The number of hydrogen-bond donors (Lipinski definition) is 0. The van der Waals surface area contributed by atoms with Crippen molar-refractivity contribution in [2.75, 3.05) is 0 Å². The Bertz CT molecular complexity index is 2370. The van der Waals surface area contributed by atoms with Gasteiger partial charge in [0, 0.05) is 0 Å². The lowest BCUT2D eigenvalue weighted by atomic mass is 10.0. The molecule has 0 amide bonds. The van der Waals surface area contributed by atoms with E-state index in [2.05, 4.69) is 0 Å². The van der Waals surface area contributed by atoms with Gasteiger partial charge in [0.15, 0.2) is 0 Å². The minimum atomic E-state index is -2.45. The van der Waals surface area contributed by atoms with Crippen molar-refractivity contribution in [2.45, 2.75) is 0 Å². The van der Waals surface area contributed by atoms with Crippen LogP contribution in [0.25, 0.3) is 11.1 Å². The molecule has 16 nitrogen and oxygen atoms in total. The second-order valence-corrected chi connectivity index (χ2v) is 16.4. The molecule has 0 fully saturated rings. The summed E-state index contributed by atoms with van der Waals surface area (Å²) in [5.41, 5.74) is 0.876. The van der Waals surface area contributed by atoms with Crippen LogP contribution in [0.4, 0.5) is 0 Å². The molecule has 0 radical (unpaired) electrons.